The normalized spacial score (nSPS) is 12.9. The van der Waals surface area contributed by atoms with Crippen LogP contribution in [0.5, 0.6) is 0 Å². The van der Waals surface area contributed by atoms with Crippen molar-refractivity contribution in [2.45, 2.75) is 13.0 Å². The molecule has 0 unspecified atom stereocenters. The molecule has 5 nitrogen and oxygen atoms in total. The SMILES string of the molecule is CSC(SCCCOP(=O)(O)O)=C1c2ccccc2N(Cc2ccccc2)c2ccccc21. The molecular weight excluding hydrogens is 473 g/mol. The topological polar surface area (TPSA) is 70.0 Å². The molecule has 0 bridgehead atoms. The first-order valence-corrected chi connectivity index (χ1v) is 14.3. The van der Waals surface area contributed by atoms with Gasteiger partial charge < -0.3 is 14.7 Å². The van der Waals surface area contributed by atoms with Gasteiger partial charge in [0.2, 0.25) is 0 Å². The Morgan fingerprint density at radius 3 is 2.06 bits per heavy atom. The summed E-state index contributed by atoms with van der Waals surface area (Å²) in [6.45, 7) is 0.815. The fourth-order valence-corrected chi connectivity index (χ4v) is 6.24. The highest BCUT2D eigenvalue weighted by Crippen LogP contribution is 2.50. The summed E-state index contributed by atoms with van der Waals surface area (Å²) in [7, 11) is -4.42. The summed E-state index contributed by atoms with van der Waals surface area (Å²) in [5.41, 5.74) is 7.18. The van der Waals surface area contributed by atoms with Gasteiger partial charge in [0.15, 0.2) is 0 Å². The summed E-state index contributed by atoms with van der Waals surface area (Å²) in [5.74, 6) is 0.706. The third-order valence-corrected chi connectivity index (χ3v) is 8.19. The van der Waals surface area contributed by atoms with E-state index in [4.69, 9.17) is 9.79 Å². The lowest BCUT2D eigenvalue weighted by Gasteiger charge is -2.35. The smallest absolute Gasteiger partial charge is 0.336 e. The summed E-state index contributed by atoms with van der Waals surface area (Å²) in [4.78, 5) is 20.2. The van der Waals surface area contributed by atoms with E-state index in [2.05, 4.69) is 88.5 Å². The van der Waals surface area contributed by atoms with Crippen molar-refractivity contribution < 1.29 is 18.9 Å². The third-order valence-electron chi connectivity index (χ3n) is 5.28. The molecule has 0 saturated carbocycles. The van der Waals surface area contributed by atoms with Crippen LogP contribution >= 0.6 is 31.3 Å². The molecule has 1 heterocycles. The van der Waals surface area contributed by atoms with Crippen LogP contribution in [0.2, 0.25) is 0 Å². The van der Waals surface area contributed by atoms with Gasteiger partial charge in [-0.3, -0.25) is 4.52 Å². The molecule has 8 heteroatoms. The highest BCUT2D eigenvalue weighted by atomic mass is 32.2. The van der Waals surface area contributed by atoms with E-state index < -0.39 is 7.82 Å². The zero-order chi connectivity index (χ0) is 23.3. The van der Waals surface area contributed by atoms with Crippen molar-refractivity contribution in [2.75, 3.05) is 23.5 Å². The van der Waals surface area contributed by atoms with Gasteiger partial charge in [-0.25, -0.2) is 4.57 Å². The van der Waals surface area contributed by atoms with E-state index in [1.54, 1.807) is 23.5 Å². The van der Waals surface area contributed by atoms with Crippen LogP contribution in [-0.4, -0.2) is 28.4 Å². The van der Waals surface area contributed by atoms with E-state index in [1.807, 2.05) is 6.07 Å². The maximum atomic E-state index is 10.9. The molecule has 1 aliphatic heterocycles. The Hall–Kier alpha value is -1.99. The molecule has 4 rings (SSSR count). The summed E-state index contributed by atoms with van der Waals surface area (Å²) in [6, 6.07) is 27.5. The lowest BCUT2D eigenvalue weighted by molar-refractivity contribution is 0.198. The Bertz CT molecular complexity index is 1130. The van der Waals surface area contributed by atoms with E-state index >= 15 is 0 Å². The minimum Gasteiger partial charge on any atom is -0.336 e. The van der Waals surface area contributed by atoms with Crippen molar-refractivity contribution in [1.82, 2.24) is 0 Å². The van der Waals surface area contributed by atoms with Gasteiger partial charge in [0, 0.05) is 44.6 Å². The van der Waals surface area contributed by atoms with Gasteiger partial charge in [0.05, 0.1) is 6.61 Å². The van der Waals surface area contributed by atoms with E-state index in [1.165, 1.54) is 37.9 Å². The molecule has 3 aromatic carbocycles. The molecule has 0 atom stereocenters. The van der Waals surface area contributed by atoms with Crippen LogP contribution in [0.1, 0.15) is 23.1 Å². The van der Waals surface area contributed by atoms with E-state index in [-0.39, 0.29) is 6.61 Å². The number of hydrogen-bond donors (Lipinski definition) is 2. The maximum Gasteiger partial charge on any atom is 0.469 e. The van der Waals surface area contributed by atoms with Crippen LogP contribution in [0.4, 0.5) is 11.4 Å². The third kappa shape index (κ3) is 5.93. The first-order valence-electron chi connectivity index (χ1n) is 10.6. The number of nitrogens with zero attached hydrogens (tertiary/aromatic N) is 1. The molecule has 2 N–H and O–H groups in total. The molecule has 0 spiro atoms. The summed E-state index contributed by atoms with van der Waals surface area (Å²) < 4.78 is 16.7. The average molecular weight is 500 g/mol. The average Bonchev–Trinajstić information content (AvgIpc) is 2.82. The summed E-state index contributed by atoms with van der Waals surface area (Å²) in [5, 5.41) is 0. The van der Waals surface area contributed by atoms with Crippen molar-refractivity contribution in [3.8, 4) is 0 Å². The molecule has 0 saturated heterocycles. The second-order valence-electron chi connectivity index (χ2n) is 7.50. The molecule has 1 aliphatic rings. The molecule has 0 radical (unpaired) electrons. The number of thioether (sulfide) groups is 2. The monoisotopic (exact) mass is 499 g/mol. The van der Waals surface area contributed by atoms with Gasteiger partial charge in [0.25, 0.3) is 0 Å². The second-order valence-corrected chi connectivity index (χ2v) is 10.9. The molecule has 0 aromatic heterocycles. The van der Waals surface area contributed by atoms with Crippen LogP contribution in [0.3, 0.4) is 0 Å². The fraction of sp³-hybridized carbons (Fsp3) is 0.200. The zero-order valence-electron chi connectivity index (χ0n) is 18.3. The van der Waals surface area contributed by atoms with Crippen molar-refractivity contribution in [2.24, 2.45) is 0 Å². The molecule has 3 aromatic rings. The van der Waals surface area contributed by atoms with Gasteiger partial charge >= 0.3 is 7.82 Å². The molecule has 0 aliphatic carbocycles. The van der Waals surface area contributed by atoms with Crippen LogP contribution < -0.4 is 4.90 Å². The van der Waals surface area contributed by atoms with Gasteiger partial charge in [-0.1, -0.05) is 66.7 Å². The summed E-state index contributed by atoms with van der Waals surface area (Å²) in [6.07, 6.45) is 2.62. The minimum absolute atomic E-state index is 0.0340. The van der Waals surface area contributed by atoms with E-state index in [0.29, 0.717) is 12.2 Å². The van der Waals surface area contributed by atoms with Gasteiger partial charge in [-0.05, 0) is 30.4 Å². The first-order chi connectivity index (χ1) is 16.0. The number of fused-ring (bicyclic) bond motifs is 2. The van der Waals surface area contributed by atoms with Gasteiger partial charge in [0.1, 0.15) is 0 Å². The number of anilines is 2. The second kappa shape index (κ2) is 11.0. The Kier molecular flexibility index (Phi) is 8.02. The number of rotatable bonds is 9. The van der Waals surface area contributed by atoms with Crippen LogP contribution in [0, 0.1) is 0 Å². The molecule has 33 heavy (non-hydrogen) atoms. The predicted molar refractivity (Wildman–Crippen MR) is 140 cm³/mol. The quantitative estimate of drug-likeness (QED) is 0.252. The number of para-hydroxylation sites is 2. The van der Waals surface area contributed by atoms with Crippen molar-refractivity contribution in [3.05, 3.63) is 99.8 Å². The standard InChI is InChI=1S/C25H26NO4PS2/c1-32-25(33-17-9-16-30-31(27,28)29)24-20-12-5-7-14-22(20)26(18-19-10-3-2-4-11-19)23-15-8-6-13-21(23)24/h2-8,10-15H,9,16-18H2,1H3,(H2,27,28,29). The lowest BCUT2D eigenvalue weighted by atomic mass is 9.91. The molecule has 0 amide bonds. The Labute approximate surface area is 203 Å². The highest BCUT2D eigenvalue weighted by molar-refractivity contribution is 8.22. The predicted octanol–water partition coefficient (Wildman–Crippen LogP) is 6.65. The number of benzene rings is 3. The molecular formula is C25H26NO4PS2. The fourth-order valence-electron chi connectivity index (χ4n) is 3.91. The Morgan fingerprint density at radius 2 is 1.48 bits per heavy atom. The van der Waals surface area contributed by atoms with Crippen molar-refractivity contribution in [1.29, 1.82) is 0 Å². The number of phosphoric acid groups is 1. The van der Waals surface area contributed by atoms with Crippen molar-refractivity contribution in [3.63, 3.8) is 0 Å². The Balaban J connectivity index is 1.69. The van der Waals surface area contributed by atoms with E-state index in [0.717, 1.165) is 6.54 Å². The van der Waals surface area contributed by atoms with Crippen LogP contribution in [0.25, 0.3) is 5.57 Å². The van der Waals surface area contributed by atoms with E-state index in [9.17, 15) is 4.57 Å². The molecule has 172 valence electrons. The first kappa shape index (κ1) is 24.1. The van der Waals surface area contributed by atoms with Gasteiger partial charge in [-0.2, -0.15) is 0 Å². The highest BCUT2D eigenvalue weighted by Gasteiger charge is 2.28. The zero-order valence-corrected chi connectivity index (χ0v) is 20.8. The van der Waals surface area contributed by atoms with Crippen LogP contribution in [0.15, 0.2) is 83.1 Å². The van der Waals surface area contributed by atoms with Crippen LogP contribution in [-0.2, 0) is 15.6 Å². The maximum absolute atomic E-state index is 10.9. The largest absolute Gasteiger partial charge is 0.469 e. The number of phosphoric ester groups is 1. The summed E-state index contributed by atoms with van der Waals surface area (Å²) >= 11 is 3.40. The number of hydrogen-bond acceptors (Lipinski definition) is 5. The van der Waals surface area contributed by atoms with Crippen molar-refractivity contribution >= 4 is 48.3 Å². The Morgan fingerprint density at radius 1 is 0.909 bits per heavy atom. The lowest BCUT2D eigenvalue weighted by Crippen LogP contribution is -2.22. The van der Waals surface area contributed by atoms with Gasteiger partial charge in [-0.15, -0.1) is 23.5 Å². The molecule has 0 fully saturated rings. The minimum atomic E-state index is -4.42.